The Kier molecular flexibility index (Phi) is 3.62. The molecule has 4 fully saturated rings. The minimum Gasteiger partial charge on any atom is -0.462 e. The number of carbonyl (C=O) groups is 2. The molecule has 3 saturated carbocycles. The number of ketones is 1. The van der Waals surface area contributed by atoms with Crippen LogP contribution in [0.3, 0.4) is 0 Å². The smallest absolute Gasteiger partial charge is 0.302 e. The first-order valence-electron chi connectivity index (χ1n) is 10.8. The van der Waals surface area contributed by atoms with Gasteiger partial charge in [-0.1, -0.05) is 25.5 Å². The summed E-state index contributed by atoms with van der Waals surface area (Å²) in [6.07, 6.45) is 10.1. The summed E-state index contributed by atoms with van der Waals surface area (Å²) in [7, 11) is 0. The lowest BCUT2D eigenvalue weighted by Gasteiger charge is -2.58. The number of hydrogen-bond acceptors (Lipinski definition) is 4. The lowest BCUT2D eigenvalue weighted by atomic mass is 9.47. The normalized spacial score (nSPS) is 52.6. The van der Waals surface area contributed by atoms with Crippen LogP contribution in [-0.2, 0) is 19.1 Å². The van der Waals surface area contributed by atoms with Crippen molar-refractivity contribution in [3.05, 3.63) is 11.6 Å². The molecule has 5 aliphatic rings. The average Bonchev–Trinajstić information content (AvgIpc) is 3.27. The minimum atomic E-state index is -0.472. The number of rotatable bonds is 2. The van der Waals surface area contributed by atoms with Crippen LogP contribution in [0.4, 0.5) is 0 Å². The van der Waals surface area contributed by atoms with Crippen LogP contribution in [0, 0.1) is 28.6 Å². The highest BCUT2D eigenvalue weighted by molar-refractivity contribution is 5.90. The molecule has 5 rings (SSSR count). The molecule has 1 saturated heterocycles. The highest BCUT2D eigenvalue weighted by Crippen LogP contribution is 2.73. The third-order valence-electron chi connectivity index (χ3n) is 9.34. The molecule has 0 amide bonds. The van der Waals surface area contributed by atoms with Crippen LogP contribution < -0.4 is 0 Å². The third-order valence-corrected chi connectivity index (χ3v) is 9.34. The van der Waals surface area contributed by atoms with Crippen LogP contribution in [0.2, 0.25) is 0 Å². The molecule has 4 aliphatic carbocycles. The van der Waals surface area contributed by atoms with E-state index in [2.05, 4.69) is 19.9 Å². The highest BCUT2D eigenvalue weighted by atomic mass is 16.6. The fourth-order valence-electron chi connectivity index (χ4n) is 8.03. The molecular weight excluding hydrogens is 340 g/mol. The van der Waals surface area contributed by atoms with Gasteiger partial charge in [0.1, 0.15) is 6.10 Å². The minimum absolute atomic E-state index is 0.0152. The molecule has 0 spiro atoms. The van der Waals surface area contributed by atoms with Crippen molar-refractivity contribution in [2.24, 2.45) is 28.6 Å². The number of esters is 1. The van der Waals surface area contributed by atoms with Gasteiger partial charge in [0.2, 0.25) is 0 Å². The Bertz CT molecular complexity index is 741. The fourth-order valence-corrected chi connectivity index (χ4v) is 8.03. The van der Waals surface area contributed by atoms with Gasteiger partial charge in [0.25, 0.3) is 0 Å². The first kappa shape index (κ1) is 17.9. The summed E-state index contributed by atoms with van der Waals surface area (Å²) in [6, 6.07) is 0. The molecule has 0 bridgehead atoms. The van der Waals surface area contributed by atoms with E-state index in [1.165, 1.54) is 18.9 Å². The Morgan fingerprint density at radius 1 is 1.15 bits per heavy atom. The van der Waals surface area contributed by atoms with Gasteiger partial charge in [0, 0.05) is 18.8 Å². The van der Waals surface area contributed by atoms with Crippen molar-refractivity contribution in [2.75, 3.05) is 0 Å². The maximum atomic E-state index is 12.5. The topological polar surface area (TPSA) is 55.9 Å². The Morgan fingerprint density at radius 2 is 1.93 bits per heavy atom. The SMILES string of the molecule is CC(=O)O[C@H]1CC[C@@]2(C)C(=CC[C@H]3[C@H]2CC[C@@]2(C)[C@@H]3C[C@H]3O[C@@]32C(C)=O)C1. The molecule has 1 aliphatic heterocycles. The second-order valence-electron chi connectivity index (χ2n) is 10.3. The maximum Gasteiger partial charge on any atom is 0.302 e. The molecule has 148 valence electrons. The maximum absolute atomic E-state index is 12.5. The van der Waals surface area contributed by atoms with Gasteiger partial charge in [-0.05, 0) is 68.6 Å². The number of fused-ring (bicyclic) bond motifs is 7. The zero-order chi connectivity index (χ0) is 19.2. The van der Waals surface area contributed by atoms with Crippen molar-refractivity contribution < 1.29 is 19.1 Å². The van der Waals surface area contributed by atoms with Crippen molar-refractivity contribution in [1.29, 1.82) is 0 Å². The number of Topliss-reactive ketones (excluding diaryl/α,β-unsaturated/α-hetero) is 1. The van der Waals surface area contributed by atoms with Crippen molar-refractivity contribution in [2.45, 2.75) is 90.4 Å². The van der Waals surface area contributed by atoms with Crippen LogP contribution in [0.15, 0.2) is 11.6 Å². The van der Waals surface area contributed by atoms with Crippen LogP contribution in [-0.4, -0.2) is 29.6 Å². The first-order chi connectivity index (χ1) is 12.7. The van der Waals surface area contributed by atoms with Gasteiger partial charge < -0.3 is 9.47 Å². The highest BCUT2D eigenvalue weighted by Gasteiger charge is 2.79. The molecule has 0 unspecified atom stereocenters. The number of allylic oxidation sites excluding steroid dienone is 1. The predicted octanol–water partition coefficient (Wildman–Crippen LogP) is 4.22. The molecule has 0 radical (unpaired) electrons. The Morgan fingerprint density at radius 3 is 2.63 bits per heavy atom. The largest absolute Gasteiger partial charge is 0.462 e. The van der Waals surface area contributed by atoms with Gasteiger partial charge in [0.05, 0.1) is 6.10 Å². The lowest BCUT2D eigenvalue weighted by molar-refractivity contribution is -0.149. The Balaban J connectivity index is 1.43. The summed E-state index contributed by atoms with van der Waals surface area (Å²) in [5.41, 5.74) is 1.30. The summed E-state index contributed by atoms with van der Waals surface area (Å²) in [4.78, 5) is 23.8. The molecule has 8 atom stereocenters. The Labute approximate surface area is 162 Å². The van der Waals surface area contributed by atoms with Crippen LogP contribution in [0.5, 0.6) is 0 Å². The van der Waals surface area contributed by atoms with Crippen LogP contribution >= 0.6 is 0 Å². The number of hydrogen-bond donors (Lipinski definition) is 0. The third kappa shape index (κ3) is 2.14. The van der Waals surface area contributed by atoms with Crippen molar-refractivity contribution in [3.8, 4) is 0 Å². The van der Waals surface area contributed by atoms with Gasteiger partial charge in [-0.15, -0.1) is 0 Å². The van der Waals surface area contributed by atoms with Crippen molar-refractivity contribution >= 4 is 11.8 Å². The number of ether oxygens (including phenoxy) is 2. The van der Waals surface area contributed by atoms with E-state index in [4.69, 9.17) is 9.47 Å². The molecule has 0 aromatic rings. The second kappa shape index (κ2) is 5.46. The fraction of sp³-hybridized carbons (Fsp3) is 0.826. The van der Waals surface area contributed by atoms with Crippen molar-refractivity contribution in [1.82, 2.24) is 0 Å². The van der Waals surface area contributed by atoms with E-state index in [1.807, 2.05) is 0 Å². The van der Waals surface area contributed by atoms with Gasteiger partial charge in [-0.25, -0.2) is 0 Å². The molecule has 4 nitrogen and oxygen atoms in total. The summed E-state index contributed by atoms with van der Waals surface area (Å²) < 4.78 is 11.6. The zero-order valence-electron chi connectivity index (χ0n) is 17.0. The summed E-state index contributed by atoms with van der Waals surface area (Å²) >= 11 is 0. The zero-order valence-corrected chi connectivity index (χ0v) is 17.0. The molecule has 0 aromatic carbocycles. The van der Waals surface area contributed by atoms with E-state index in [9.17, 15) is 9.59 Å². The molecular formula is C23H32O4. The van der Waals surface area contributed by atoms with Gasteiger partial charge >= 0.3 is 5.97 Å². The first-order valence-corrected chi connectivity index (χ1v) is 10.8. The number of carbonyl (C=O) groups excluding carboxylic acids is 2. The monoisotopic (exact) mass is 372 g/mol. The van der Waals surface area contributed by atoms with Gasteiger partial charge in [-0.2, -0.15) is 0 Å². The van der Waals surface area contributed by atoms with Gasteiger partial charge in [-0.3, -0.25) is 9.59 Å². The van der Waals surface area contributed by atoms with E-state index < -0.39 is 5.60 Å². The van der Waals surface area contributed by atoms with Crippen molar-refractivity contribution in [3.63, 3.8) is 0 Å². The lowest BCUT2D eigenvalue weighted by Crippen LogP contribution is -2.54. The van der Waals surface area contributed by atoms with E-state index in [0.717, 1.165) is 38.5 Å². The summed E-state index contributed by atoms with van der Waals surface area (Å²) in [5, 5.41) is 0. The van der Waals surface area contributed by atoms with Crippen LogP contribution in [0.25, 0.3) is 0 Å². The second-order valence-corrected chi connectivity index (χ2v) is 10.3. The van der Waals surface area contributed by atoms with E-state index in [1.54, 1.807) is 6.92 Å². The Hall–Kier alpha value is -1.16. The van der Waals surface area contributed by atoms with E-state index in [-0.39, 0.29) is 34.8 Å². The summed E-state index contributed by atoms with van der Waals surface area (Å²) in [5.74, 6) is 2.03. The molecule has 1 heterocycles. The predicted molar refractivity (Wildman–Crippen MR) is 101 cm³/mol. The summed E-state index contributed by atoms with van der Waals surface area (Å²) in [6.45, 7) is 8.03. The molecule has 4 heteroatoms. The molecule has 27 heavy (non-hydrogen) atoms. The number of epoxide rings is 1. The standard InChI is InChI=1S/C23H32O4/c1-13(24)23-20(27-23)12-19-17-6-5-15-11-16(26-14(2)25)7-9-21(15,3)18(17)8-10-22(19,23)4/h5,16-20H,6-12H2,1-4H3/t16-,17-,18+,19+,20+,21-,22-,23-/m0/s1. The van der Waals surface area contributed by atoms with E-state index in [0.29, 0.717) is 17.8 Å². The van der Waals surface area contributed by atoms with E-state index >= 15 is 0 Å². The van der Waals surface area contributed by atoms with Crippen LogP contribution in [0.1, 0.15) is 72.6 Å². The van der Waals surface area contributed by atoms with Gasteiger partial charge in [0.15, 0.2) is 11.4 Å². The average molecular weight is 373 g/mol. The quantitative estimate of drug-likeness (QED) is 0.414. The molecule has 0 N–H and O–H groups in total. The molecule has 0 aromatic heterocycles.